The largest absolute Gasteiger partial charge is 0.455 e. The van der Waals surface area contributed by atoms with Gasteiger partial charge in [-0.2, -0.15) is 0 Å². The summed E-state index contributed by atoms with van der Waals surface area (Å²) in [6.45, 7) is 0. The maximum atomic E-state index is 6.99. The normalized spacial score (nSPS) is 14.9. The predicted molar refractivity (Wildman–Crippen MR) is 207 cm³/mol. The minimum atomic E-state index is -0.478. The van der Waals surface area contributed by atoms with Crippen molar-refractivity contribution in [1.29, 1.82) is 0 Å². The Morgan fingerprint density at radius 1 is 0.490 bits per heavy atom. The lowest BCUT2D eigenvalue weighted by Crippen LogP contribution is -2.33. The summed E-state index contributed by atoms with van der Waals surface area (Å²) in [7, 11) is 0. The van der Waals surface area contributed by atoms with Crippen LogP contribution in [0.3, 0.4) is 0 Å². The van der Waals surface area contributed by atoms with Crippen LogP contribution in [0.25, 0.3) is 71.4 Å². The van der Waals surface area contributed by atoms with Crippen molar-refractivity contribution in [2.24, 2.45) is 9.98 Å². The fourth-order valence-corrected chi connectivity index (χ4v) is 7.80. The van der Waals surface area contributed by atoms with Crippen LogP contribution < -0.4 is 5.32 Å². The zero-order valence-corrected chi connectivity index (χ0v) is 27.2. The van der Waals surface area contributed by atoms with Crippen molar-refractivity contribution in [3.05, 3.63) is 174 Å². The van der Waals surface area contributed by atoms with E-state index in [1.54, 1.807) is 0 Å². The lowest BCUT2D eigenvalue weighted by molar-refractivity contribution is 0.626. The summed E-state index contributed by atoms with van der Waals surface area (Å²) in [4.78, 5) is 10.3. The summed E-state index contributed by atoms with van der Waals surface area (Å²) in [6, 6.07) is 54.3. The molecule has 10 aromatic rings. The first kappa shape index (κ1) is 28.0. The average molecular weight is 657 g/mol. The first-order chi connectivity index (χ1) is 25.3. The Hall–Kier alpha value is -6.92. The topological polar surface area (TPSA) is 68.0 Å². The number of hydrogen-bond acceptors (Lipinski definition) is 5. The van der Waals surface area contributed by atoms with Gasteiger partial charge in [0.2, 0.25) is 0 Å². The van der Waals surface area contributed by atoms with Crippen LogP contribution in [0, 0.1) is 0 Å². The summed E-state index contributed by atoms with van der Waals surface area (Å²) in [5.41, 5.74) is 9.26. The van der Waals surface area contributed by atoms with Gasteiger partial charge in [0.05, 0.1) is 22.3 Å². The van der Waals surface area contributed by atoms with E-state index < -0.39 is 6.17 Å². The highest BCUT2D eigenvalue weighted by Crippen LogP contribution is 2.40. The van der Waals surface area contributed by atoms with Crippen LogP contribution in [0.2, 0.25) is 0 Å². The number of amidine groups is 2. The van der Waals surface area contributed by atoms with E-state index in [4.69, 9.17) is 18.8 Å². The Kier molecular flexibility index (Phi) is 5.92. The van der Waals surface area contributed by atoms with E-state index in [1.165, 1.54) is 10.8 Å². The van der Waals surface area contributed by atoms with Gasteiger partial charge in [0.15, 0.2) is 17.6 Å². The average Bonchev–Trinajstić information content (AvgIpc) is 3.88. The molecular weight excluding hydrogens is 629 g/mol. The van der Waals surface area contributed by atoms with Crippen LogP contribution in [0.1, 0.15) is 22.9 Å². The van der Waals surface area contributed by atoms with E-state index in [0.717, 1.165) is 77.3 Å². The predicted octanol–water partition coefficient (Wildman–Crippen LogP) is 11.1. The Bertz CT molecular complexity index is 3020. The molecule has 240 valence electrons. The van der Waals surface area contributed by atoms with Crippen LogP contribution >= 0.6 is 0 Å². The highest BCUT2D eigenvalue weighted by molar-refractivity contribution is 6.20. The Morgan fingerprint density at radius 2 is 1.10 bits per heavy atom. The third kappa shape index (κ3) is 4.17. The molecule has 0 spiro atoms. The molecule has 1 N–H and O–H groups in total. The van der Waals surface area contributed by atoms with Gasteiger partial charge in [-0.1, -0.05) is 127 Å². The zero-order chi connectivity index (χ0) is 33.5. The summed E-state index contributed by atoms with van der Waals surface area (Å²) in [6.07, 6.45) is -0.478. The number of rotatable bonds is 4. The van der Waals surface area contributed by atoms with Crippen molar-refractivity contribution in [2.75, 3.05) is 0 Å². The van der Waals surface area contributed by atoms with Crippen molar-refractivity contribution in [1.82, 2.24) is 9.88 Å². The Balaban J connectivity index is 1.12. The van der Waals surface area contributed by atoms with E-state index in [9.17, 15) is 0 Å². The molecule has 0 saturated carbocycles. The van der Waals surface area contributed by atoms with Crippen LogP contribution in [0.5, 0.6) is 0 Å². The second-order valence-corrected chi connectivity index (χ2v) is 13.0. The fourth-order valence-electron chi connectivity index (χ4n) is 7.80. The first-order valence-electron chi connectivity index (χ1n) is 17.1. The molecular formula is C45H28N4O2. The molecule has 1 aliphatic rings. The Morgan fingerprint density at radius 3 is 1.88 bits per heavy atom. The van der Waals surface area contributed by atoms with Crippen molar-refractivity contribution in [3.8, 4) is 5.69 Å². The zero-order valence-electron chi connectivity index (χ0n) is 27.2. The number of hydrogen-bond donors (Lipinski definition) is 1. The van der Waals surface area contributed by atoms with E-state index in [-0.39, 0.29) is 0 Å². The first-order valence-corrected chi connectivity index (χ1v) is 17.1. The maximum absolute atomic E-state index is 6.99. The van der Waals surface area contributed by atoms with E-state index in [0.29, 0.717) is 11.7 Å². The monoisotopic (exact) mass is 656 g/mol. The van der Waals surface area contributed by atoms with Crippen molar-refractivity contribution in [3.63, 3.8) is 0 Å². The molecule has 0 radical (unpaired) electrons. The number of aromatic nitrogens is 1. The number of furan rings is 2. The number of aliphatic imine (C=N–C) groups is 2. The fraction of sp³-hybridized carbons (Fsp3) is 0.0222. The van der Waals surface area contributed by atoms with Crippen molar-refractivity contribution in [2.45, 2.75) is 6.17 Å². The molecule has 7 aromatic carbocycles. The van der Waals surface area contributed by atoms with Crippen LogP contribution in [0.15, 0.2) is 177 Å². The minimum Gasteiger partial charge on any atom is -0.455 e. The molecule has 0 bridgehead atoms. The SMILES string of the molecule is c1ccc(C2=NC(c3cccc4c3oc3c(-n5c6ccccc6c6ccccc65)cccc34)NC(c3cccc4c3oc3ccccc34)=N2)cc1. The van der Waals surface area contributed by atoms with Gasteiger partial charge in [0.25, 0.3) is 0 Å². The molecule has 6 heteroatoms. The molecule has 0 saturated heterocycles. The summed E-state index contributed by atoms with van der Waals surface area (Å²) >= 11 is 0. The standard InChI is InChI=1S/C45H28N4O2/c1-2-13-27(14-3-1)43-46-44(34-21-10-18-31-30-17-6-9-26-39(30)50-40(31)34)48-45(47-43)35-22-11-19-32-33-20-12-25-38(42(33)51-41(32)35)49-36-23-7-4-15-28(36)29-16-5-8-24-37(29)49/h1-26,45H,(H,46,47,48). The van der Waals surface area contributed by atoms with Crippen LogP contribution in [-0.2, 0) is 0 Å². The van der Waals surface area contributed by atoms with E-state index in [2.05, 4.69) is 119 Å². The molecule has 1 unspecified atom stereocenters. The van der Waals surface area contributed by atoms with Gasteiger partial charge < -0.3 is 18.7 Å². The maximum Gasteiger partial charge on any atom is 0.159 e. The smallest absolute Gasteiger partial charge is 0.159 e. The lowest BCUT2D eigenvalue weighted by atomic mass is 10.0. The quantitative estimate of drug-likeness (QED) is 0.205. The van der Waals surface area contributed by atoms with Gasteiger partial charge >= 0.3 is 0 Å². The van der Waals surface area contributed by atoms with E-state index in [1.807, 2.05) is 48.5 Å². The number of benzene rings is 7. The highest BCUT2D eigenvalue weighted by Gasteiger charge is 2.27. The van der Waals surface area contributed by atoms with Crippen molar-refractivity contribution >= 4 is 77.4 Å². The minimum absolute atomic E-state index is 0.478. The van der Waals surface area contributed by atoms with E-state index >= 15 is 0 Å². The van der Waals surface area contributed by atoms with Gasteiger partial charge in [0.1, 0.15) is 22.6 Å². The van der Waals surface area contributed by atoms with Crippen LogP contribution in [-0.4, -0.2) is 16.2 Å². The second kappa shape index (κ2) is 10.8. The molecule has 0 aliphatic carbocycles. The third-order valence-corrected chi connectivity index (χ3v) is 10.1. The molecule has 51 heavy (non-hydrogen) atoms. The molecule has 3 aromatic heterocycles. The molecule has 11 rings (SSSR count). The van der Waals surface area contributed by atoms with Gasteiger partial charge in [-0.15, -0.1) is 0 Å². The van der Waals surface area contributed by atoms with Crippen molar-refractivity contribution < 1.29 is 8.83 Å². The summed E-state index contributed by atoms with van der Waals surface area (Å²) < 4.78 is 15.8. The number of nitrogens with zero attached hydrogens (tertiary/aromatic N) is 3. The summed E-state index contributed by atoms with van der Waals surface area (Å²) in [5.74, 6) is 1.33. The molecule has 0 fully saturated rings. The van der Waals surface area contributed by atoms with Gasteiger partial charge in [0, 0.05) is 43.4 Å². The van der Waals surface area contributed by atoms with Gasteiger partial charge in [-0.25, -0.2) is 9.98 Å². The molecule has 0 amide bonds. The second-order valence-electron chi connectivity index (χ2n) is 13.0. The van der Waals surface area contributed by atoms with Gasteiger partial charge in [-0.05, 0) is 30.3 Å². The summed E-state index contributed by atoms with van der Waals surface area (Å²) in [5, 5.41) is 10.3. The number of nitrogens with one attached hydrogen (secondary N) is 1. The molecule has 6 nitrogen and oxygen atoms in total. The third-order valence-electron chi connectivity index (χ3n) is 10.1. The highest BCUT2D eigenvalue weighted by atomic mass is 16.3. The van der Waals surface area contributed by atoms with Gasteiger partial charge in [-0.3, -0.25) is 0 Å². The molecule has 1 aliphatic heterocycles. The Labute approximate surface area is 291 Å². The molecule has 1 atom stereocenters. The molecule has 4 heterocycles. The lowest BCUT2D eigenvalue weighted by Gasteiger charge is -2.23. The number of fused-ring (bicyclic) bond motifs is 9. The number of para-hydroxylation sites is 6. The van der Waals surface area contributed by atoms with Crippen LogP contribution in [0.4, 0.5) is 0 Å².